The van der Waals surface area contributed by atoms with Crippen molar-refractivity contribution in [2.45, 2.75) is 24.3 Å². The summed E-state index contributed by atoms with van der Waals surface area (Å²) in [4.78, 5) is -0.348. The highest BCUT2D eigenvalue weighted by atomic mass is 32.2. The van der Waals surface area contributed by atoms with Crippen LogP contribution in [-0.4, -0.2) is 38.0 Å². The SMILES string of the molecule is CC1(C)CN(S(=O)(=O)c2ccc(N)cc2F)CCO1. The molecule has 0 atom stereocenters. The molecule has 0 aliphatic carbocycles. The number of anilines is 1. The van der Waals surface area contributed by atoms with Crippen molar-refractivity contribution in [3.05, 3.63) is 24.0 Å². The average molecular weight is 288 g/mol. The lowest BCUT2D eigenvalue weighted by Crippen LogP contribution is -2.50. The van der Waals surface area contributed by atoms with Crippen LogP contribution in [0.2, 0.25) is 0 Å². The molecule has 1 fully saturated rings. The number of hydrogen-bond donors (Lipinski definition) is 1. The Hall–Kier alpha value is -1.18. The van der Waals surface area contributed by atoms with Crippen molar-refractivity contribution in [1.82, 2.24) is 4.31 Å². The van der Waals surface area contributed by atoms with Gasteiger partial charge in [-0.2, -0.15) is 4.31 Å². The van der Waals surface area contributed by atoms with Gasteiger partial charge in [-0.1, -0.05) is 0 Å². The lowest BCUT2D eigenvalue weighted by atomic mass is 10.1. The van der Waals surface area contributed by atoms with Crippen LogP contribution in [0.15, 0.2) is 23.1 Å². The number of hydrogen-bond acceptors (Lipinski definition) is 4. The van der Waals surface area contributed by atoms with Crippen LogP contribution in [0.25, 0.3) is 0 Å². The van der Waals surface area contributed by atoms with Gasteiger partial charge in [0.25, 0.3) is 0 Å². The molecule has 0 saturated carbocycles. The van der Waals surface area contributed by atoms with E-state index >= 15 is 0 Å². The number of rotatable bonds is 2. The Morgan fingerprint density at radius 1 is 1.42 bits per heavy atom. The lowest BCUT2D eigenvalue weighted by Gasteiger charge is -2.37. The van der Waals surface area contributed by atoms with Gasteiger partial charge in [-0.25, -0.2) is 12.8 Å². The van der Waals surface area contributed by atoms with Gasteiger partial charge in [-0.05, 0) is 32.0 Å². The number of halogens is 1. The molecule has 1 aromatic carbocycles. The van der Waals surface area contributed by atoms with Gasteiger partial charge >= 0.3 is 0 Å². The van der Waals surface area contributed by atoms with E-state index in [1.807, 2.05) is 0 Å². The first-order chi connectivity index (χ1) is 8.72. The molecule has 0 spiro atoms. The van der Waals surface area contributed by atoms with E-state index in [1.165, 1.54) is 16.4 Å². The van der Waals surface area contributed by atoms with Crippen LogP contribution in [0.5, 0.6) is 0 Å². The van der Waals surface area contributed by atoms with Crippen molar-refractivity contribution in [2.75, 3.05) is 25.4 Å². The monoisotopic (exact) mass is 288 g/mol. The lowest BCUT2D eigenvalue weighted by molar-refractivity contribution is -0.0640. The Kier molecular flexibility index (Phi) is 3.55. The van der Waals surface area contributed by atoms with Crippen molar-refractivity contribution in [3.63, 3.8) is 0 Å². The summed E-state index contributed by atoms with van der Waals surface area (Å²) in [5, 5.41) is 0. The minimum atomic E-state index is -3.86. The van der Waals surface area contributed by atoms with Crippen molar-refractivity contribution < 1.29 is 17.5 Å². The van der Waals surface area contributed by atoms with Gasteiger partial charge in [0.05, 0.1) is 12.2 Å². The summed E-state index contributed by atoms with van der Waals surface area (Å²) in [5.41, 5.74) is 5.04. The summed E-state index contributed by atoms with van der Waals surface area (Å²) >= 11 is 0. The molecule has 1 heterocycles. The summed E-state index contributed by atoms with van der Waals surface area (Å²) in [6.07, 6.45) is 0. The first kappa shape index (κ1) is 14.2. The fraction of sp³-hybridized carbons (Fsp3) is 0.500. The van der Waals surface area contributed by atoms with E-state index < -0.39 is 21.4 Å². The molecule has 5 nitrogen and oxygen atoms in total. The molecule has 7 heteroatoms. The molecule has 106 valence electrons. The molecule has 0 aromatic heterocycles. The fourth-order valence-corrected chi connectivity index (χ4v) is 3.66. The van der Waals surface area contributed by atoms with Crippen LogP contribution in [0.4, 0.5) is 10.1 Å². The quantitative estimate of drug-likeness (QED) is 0.830. The van der Waals surface area contributed by atoms with E-state index in [-0.39, 0.29) is 23.7 Å². The standard InChI is InChI=1S/C12H17FN2O3S/c1-12(2)8-15(5-6-18-12)19(16,17)11-4-3-9(14)7-10(11)13/h3-4,7H,5-6,8,14H2,1-2H3. The van der Waals surface area contributed by atoms with Gasteiger partial charge in [-0.15, -0.1) is 0 Å². The first-order valence-corrected chi connectivity index (χ1v) is 7.35. The van der Waals surface area contributed by atoms with Gasteiger partial charge in [0.15, 0.2) is 0 Å². The van der Waals surface area contributed by atoms with E-state index in [2.05, 4.69) is 0 Å². The predicted octanol–water partition coefficient (Wildman–Crippen LogP) is 1.21. The van der Waals surface area contributed by atoms with Crippen molar-refractivity contribution in [2.24, 2.45) is 0 Å². The fourth-order valence-electron chi connectivity index (χ4n) is 2.04. The van der Waals surface area contributed by atoms with Crippen molar-refractivity contribution >= 4 is 15.7 Å². The summed E-state index contributed by atoms with van der Waals surface area (Å²) in [6.45, 7) is 4.31. The first-order valence-electron chi connectivity index (χ1n) is 5.91. The molecule has 0 amide bonds. The highest BCUT2D eigenvalue weighted by molar-refractivity contribution is 7.89. The Bertz CT molecular complexity index is 587. The Morgan fingerprint density at radius 3 is 2.68 bits per heavy atom. The number of sulfonamides is 1. The normalized spacial score (nSPS) is 20.4. The molecule has 1 aliphatic heterocycles. The zero-order chi connectivity index (χ0) is 14.3. The van der Waals surface area contributed by atoms with Crippen LogP contribution in [0.3, 0.4) is 0 Å². The molecular formula is C12H17FN2O3S. The highest BCUT2D eigenvalue weighted by Crippen LogP contribution is 2.25. The smallest absolute Gasteiger partial charge is 0.246 e. The number of nitrogen functional groups attached to an aromatic ring is 1. The van der Waals surface area contributed by atoms with Gasteiger partial charge in [0, 0.05) is 18.8 Å². The number of morpholine rings is 1. The molecule has 2 N–H and O–H groups in total. The highest BCUT2D eigenvalue weighted by Gasteiger charge is 2.36. The van der Waals surface area contributed by atoms with Gasteiger partial charge < -0.3 is 10.5 Å². The van der Waals surface area contributed by atoms with Gasteiger partial charge in [-0.3, -0.25) is 0 Å². The third-order valence-electron chi connectivity index (χ3n) is 2.96. The summed E-state index contributed by atoms with van der Waals surface area (Å²) < 4.78 is 45.3. The number of ether oxygens (including phenoxy) is 1. The summed E-state index contributed by atoms with van der Waals surface area (Å²) in [7, 11) is -3.86. The van der Waals surface area contributed by atoms with Crippen LogP contribution in [0.1, 0.15) is 13.8 Å². The molecule has 19 heavy (non-hydrogen) atoms. The molecule has 0 unspecified atom stereocenters. The Balaban J connectivity index is 2.37. The molecule has 0 bridgehead atoms. The Morgan fingerprint density at radius 2 is 2.11 bits per heavy atom. The second kappa shape index (κ2) is 4.73. The second-order valence-corrected chi connectivity index (χ2v) is 7.04. The number of nitrogens with two attached hydrogens (primary N) is 1. The largest absolute Gasteiger partial charge is 0.399 e. The zero-order valence-corrected chi connectivity index (χ0v) is 11.7. The maximum absolute atomic E-state index is 13.8. The van der Waals surface area contributed by atoms with Crippen molar-refractivity contribution in [1.29, 1.82) is 0 Å². The third kappa shape index (κ3) is 2.88. The van der Waals surface area contributed by atoms with Gasteiger partial charge in [0.1, 0.15) is 10.7 Å². The third-order valence-corrected chi connectivity index (χ3v) is 4.84. The molecule has 1 aromatic rings. The summed E-state index contributed by atoms with van der Waals surface area (Å²) in [6, 6.07) is 3.59. The molecular weight excluding hydrogens is 271 g/mol. The van der Waals surface area contributed by atoms with Crippen LogP contribution >= 0.6 is 0 Å². The van der Waals surface area contributed by atoms with E-state index in [4.69, 9.17) is 10.5 Å². The van der Waals surface area contributed by atoms with E-state index in [1.54, 1.807) is 13.8 Å². The van der Waals surface area contributed by atoms with Crippen molar-refractivity contribution in [3.8, 4) is 0 Å². The van der Waals surface area contributed by atoms with Crippen LogP contribution in [0, 0.1) is 5.82 Å². The number of benzene rings is 1. The Labute approximate surface area is 112 Å². The minimum Gasteiger partial charge on any atom is -0.399 e. The molecule has 0 radical (unpaired) electrons. The maximum atomic E-state index is 13.8. The average Bonchev–Trinajstić information content (AvgIpc) is 2.27. The molecule has 1 saturated heterocycles. The molecule has 2 rings (SSSR count). The minimum absolute atomic E-state index is 0.193. The van der Waals surface area contributed by atoms with Crippen LogP contribution < -0.4 is 5.73 Å². The molecule has 1 aliphatic rings. The summed E-state index contributed by atoms with van der Waals surface area (Å²) in [5.74, 6) is -0.829. The predicted molar refractivity (Wildman–Crippen MR) is 69.6 cm³/mol. The van der Waals surface area contributed by atoms with E-state index in [0.29, 0.717) is 6.61 Å². The van der Waals surface area contributed by atoms with E-state index in [0.717, 1.165) is 6.07 Å². The van der Waals surface area contributed by atoms with E-state index in [9.17, 15) is 12.8 Å². The van der Waals surface area contributed by atoms with Crippen LogP contribution in [-0.2, 0) is 14.8 Å². The maximum Gasteiger partial charge on any atom is 0.246 e. The topological polar surface area (TPSA) is 72.6 Å². The number of nitrogens with zero attached hydrogens (tertiary/aromatic N) is 1. The second-order valence-electron chi connectivity index (χ2n) is 5.14. The van der Waals surface area contributed by atoms with Gasteiger partial charge in [0.2, 0.25) is 10.0 Å². The zero-order valence-electron chi connectivity index (χ0n) is 10.9.